The molecular formula is C16H14BrF5N6O. The maximum Gasteiger partial charge on any atom is 0.459 e. The van der Waals surface area contributed by atoms with Gasteiger partial charge < -0.3 is 5.32 Å². The summed E-state index contributed by atoms with van der Waals surface area (Å²) in [6.07, 6.45) is -4.28. The van der Waals surface area contributed by atoms with E-state index in [9.17, 15) is 26.7 Å². The average Bonchev–Trinajstić information content (AvgIpc) is 3.21. The Morgan fingerprint density at radius 2 is 1.93 bits per heavy atom. The van der Waals surface area contributed by atoms with Crippen LogP contribution in [0.2, 0.25) is 0 Å². The average molecular weight is 481 g/mol. The molecule has 3 aromatic rings. The van der Waals surface area contributed by atoms with Gasteiger partial charge in [0.2, 0.25) is 0 Å². The first kappa shape index (κ1) is 21.1. The summed E-state index contributed by atoms with van der Waals surface area (Å²) in [6.45, 7) is 3.71. The van der Waals surface area contributed by atoms with E-state index in [1.165, 1.54) is 6.92 Å². The third kappa shape index (κ3) is 3.82. The summed E-state index contributed by atoms with van der Waals surface area (Å²) < 4.78 is 68.9. The number of amides is 1. The number of halogens is 6. The summed E-state index contributed by atoms with van der Waals surface area (Å²) in [5.41, 5.74) is -1.48. The molecule has 156 valence electrons. The smallest absolute Gasteiger partial charge is 0.345 e. The molecule has 0 bridgehead atoms. The van der Waals surface area contributed by atoms with E-state index in [1.54, 1.807) is 10.9 Å². The van der Waals surface area contributed by atoms with Crippen molar-refractivity contribution in [3.8, 4) is 0 Å². The topological polar surface area (TPSA) is 77.1 Å². The zero-order valence-electron chi connectivity index (χ0n) is 15.1. The van der Waals surface area contributed by atoms with E-state index in [4.69, 9.17) is 0 Å². The number of hydrogen-bond donors (Lipinski definition) is 1. The molecule has 0 saturated carbocycles. The van der Waals surface area contributed by atoms with Gasteiger partial charge in [0.1, 0.15) is 5.69 Å². The number of carbonyl (C=O) groups excluding carboxylic acids is 1. The predicted octanol–water partition coefficient (Wildman–Crippen LogP) is 3.60. The van der Waals surface area contributed by atoms with Crippen molar-refractivity contribution in [1.82, 2.24) is 29.7 Å². The summed E-state index contributed by atoms with van der Waals surface area (Å²) in [5, 5.41) is 10.3. The van der Waals surface area contributed by atoms with E-state index < -0.39 is 23.7 Å². The quantitative estimate of drug-likeness (QED) is 0.566. The molecule has 3 heterocycles. The molecule has 0 saturated heterocycles. The molecule has 13 heteroatoms. The summed E-state index contributed by atoms with van der Waals surface area (Å²) in [5.74, 6) is -5.93. The lowest BCUT2D eigenvalue weighted by molar-refractivity contribution is -0.291. The number of aromatic nitrogens is 5. The molecule has 3 rings (SSSR count). The van der Waals surface area contributed by atoms with Gasteiger partial charge in [-0.3, -0.25) is 9.48 Å². The lowest BCUT2D eigenvalue weighted by atomic mass is 10.2. The summed E-state index contributed by atoms with van der Waals surface area (Å²) in [6, 6.07) is 1.64. The predicted molar refractivity (Wildman–Crippen MR) is 94.4 cm³/mol. The Balaban J connectivity index is 1.94. The van der Waals surface area contributed by atoms with Crippen LogP contribution in [0.1, 0.15) is 34.5 Å². The minimum Gasteiger partial charge on any atom is -0.345 e. The highest BCUT2D eigenvalue weighted by Gasteiger charge is 2.60. The van der Waals surface area contributed by atoms with Crippen LogP contribution in [0.4, 0.5) is 22.0 Å². The minimum absolute atomic E-state index is 0.0408. The van der Waals surface area contributed by atoms with E-state index in [0.717, 1.165) is 6.07 Å². The van der Waals surface area contributed by atoms with E-state index in [-0.39, 0.29) is 23.6 Å². The first-order chi connectivity index (χ1) is 13.5. The zero-order chi connectivity index (χ0) is 21.6. The Morgan fingerprint density at radius 3 is 2.55 bits per heavy atom. The van der Waals surface area contributed by atoms with E-state index >= 15 is 0 Å². The van der Waals surface area contributed by atoms with Gasteiger partial charge in [0.15, 0.2) is 11.3 Å². The maximum absolute atomic E-state index is 13.9. The number of hydrogen-bond acceptors (Lipinski definition) is 4. The van der Waals surface area contributed by atoms with Crippen LogP contribution in [0.15, 0.2) is 22.8 Å². The molecule has 0 unspecified atom stereocenters. The van der Waals surface area contributed by atoms with E-state index in [1.807, 2.05) is 6.92 Å². The van der Waals surface area contributed by atoms with Crippen molar-refractivity contribution in [2.45, 2.75) is 39.0 Å². The molecule has 7 nitrogen and oxygen atoms in total. The molecule has 0 radical (unpaired) electrons. The number of carbonyl (C=O) groups is 1. The van der Waals surface area contributed by atoms with Crippen molar-refractivity contribution in [2.24, 2.45) is 0 Å². The Hall–Kier alpha value is -2.57. The van der Waals surface area contributed by atoms with Crippen LogP contribution in [0.3, 0.4) is 0 Å². The summed E-state index contributed by atoms with van der Waals surface area (Å²) in [7, 11) is 0. The molecule has 0 aromatic carbocycles. The SMILES string of the molecule is CCn1ncc(Br)c1CNC(=O)c1cc2nc(C)cc(C(F)(F)C(F)(F)F)n2n1. The van der Waals surface area contributed by atoms with Crippen LogP contribution in [0.5, 0.6) is 0 Å². The Morgan fingerprint density at radius 1 is 1.24 bits per heavy atom. The third-order valence-corrected chi connectivity index (χ3v) is 4.74. The van der Waals surface area contributed by atoms with Gasteiger partial charge in [-0.2, -0.15) is 32.1 Å². The molecular weight excluding hydrogens is 467 g/mol. The van der Waals surface area contributed by atoms with Crippen molar-refractivity contribution in [3.05, 3.63) is 45.6 Å². The van der Waals surface area contributed by atoms with Gasteiger partial charge in [-0.1, -0.05) is 0 Å². The van der Waals surface area contributed by atoms with Crippen molar-refractivity contribution in [3.63, 3.8) is 0 Å². The van der Waals surface area contributed by atoms with Gasteiger partial charge in [-0.05, 0) is 35.8 Å². The molecule has 1 amide bonds. The van der Waals surface area contributed by atoms with Gasteiger partial charge in [-0.25, -0.2) is 9.50 Å². The van der Waals surface area contributed by atoms with Gasteiger partial charge >= 0.3 is 12.1 Å². The standard InChI is InChI=1S/C16H14BrF5N6O/c1-3-27-11(9(17)6-24-27)7-23-14(29)10-5-13-25-8(2)4-12(28(13)26-10)15(18,19)16(20,21)22/h4-6H,3,7H2,1-2H3,(H,23,29). The van der Waals surface area contributed by atoms with Crippen LogP contribution >= 0.6 is 15.9 Å². The number of aryl methyl sites for hydroxylation is 2. The fourth-order valence-electron chi connectivity index (χ4n) is 2.67. The summed E-state index contributed by atoms with van der Waals surface area (Å²) >= 11 is 3.30. The molecule has 0 aliphatic rings. The minimum atomic E-state index is -5.83. The second-order valence-corrected chi connectivity index (χ2v) is 6.95. The Bertz CT molecular complexity index is 1070. The molecule has 0 aliphatic carbocycles. The second kappa shape index (κ2) is 7.35. The number of fused-ring (bicyclic) bond motifs is 1. The van der Waals surface area contributed by atoms with Crippen LogP contribution in [0.25, 0.3) is 5.65 Å². The molecule has 29 heavy (non-hydrogen) atoms. The first-order valence-electron chi connectivity index (χ1n) is 8.26. The van der Waals surface area contributed by atoms with Crippen molar-refractivity contribution >= 4 is 27.5 Å². The van der Waals surface area contributed by atoms with Gasteiger partial charge in [0, 0.05) is 18.3 Å². The molecule has 0 atom stereocenters. The lowest BCUT2D eigenvalue weighted by Crippen LogP contribution is -2.36. The molecule has 0 spiro atoms. The fraction of sp³-hybridized carbons (Fsp3) is 0.375. The Labute approximate surface area is 169 Å². The highest BCUT2D eigenvalue weighted by molar-refractivity contribution is 9.10. The molecule has 0 aliphatic heterocycles. The van der Waals surface area contributed by atoms with Gasteiger partial charge in [-0.15, -0.1) is 0 Å². The molecule has 3 aromatic heterocycles. The molecule has 1 N–H and O–H groups in total. The number of alkyl halides is 5. The van der Waals surface area contributed by atoms with Crippen molar-refractivity contribution in [2.75, 3.05) is 0 Å². The Kier molecular flexibility index (Phi) is 5.36. The van der Waals surface area contributed by atoms with E-state index in [0.29, 0.717) is 27.3 Å². The van der Waals surface area contributed by atoms with Gasteiger partial charge in [0.05, 0.1) is 22.9 Å². The monoisotopic (exact) mass is 480 g/mol. The maximum atomic E-state index is 13.9. The van der Waals surface area contributed by atoms with Crippen LogP contribution in [-0.2, 0) is 19.0 Å². The fourth-order valence-corrected chi connectivity index (χ4v) is 3.11. The van der Waals surface area contributed by atoms with Crippen LogP contribution in [0, 0.1) is 6.92 Å². The summed E-state index contributed by atoms with van der Waals surface area (Å²) in [4.78, 5) is 16.3. The highest BCUT2D eigenvalue weighted by atomic mass is 79.9. The van der Waals surface area contributed by atoms with Crippen molar-refractivity contribution in [1.29, 1.82) is 0 Å². The number of nitrogens with one attached hydrogen (secondary N) is 1. The first-order valence-corrected chi connectivity index (χ1v) is 9.05. The largest absolute Gasteiger partial charge is 0.459 e. The normalized spacial score (nSPS) is 12.6. The third-order valence-electron chi connectivity index (χ3n) is 4.08. The highest BCUT2D eigenvalue weighted by Crippen LogP contribution is 2.43. The van der Waals surface area contributed by atoms with Crippen LogP contribution in [-0.4, -0.2) is 36.5 Å². The number of nitrogens with zero attached hydrogens (tertiary/aromatic N) is 5. The lowest BCUT2D eigenvalue weighted by Gasteiger charge is -2.20. The van der Waals surface area contributed by atoms with Crippen molar-refractivity contribution < 1.29 is 26.7 Å². The zero-order valence-corrected chi connectivity index (χ0v) is 16.6. The van der Waals surface area contributed by atoms with Crippen LogP contribution < -0.4 is 5.32 Å². The number of rotatable bonds is 5. The molecule has 0 fully saturated rings. The van der Waals surface area contributed by atoms with E-state index in [2.05, 4.69) is 36.4 Å². The van der Waals surface area contributed by atoms with Gasteiger partial charge in [0.25, 0.3) is 5.91 Å². The second-order valence-electron chi connectivity index (χ2n) is 6.09.